The van der Waals surface area contributed by atoms with Crippen molar-refractivity contribution in [2.45, 2.75) is 13.5 Å². The van der Waals surface area contributed by atoms with E-state index in [0.29, 0.717) is 17.4 Å². The van der Waals surface area contributed by atoms with Crippen LogP contribution in [-0.4, -0.2) is 20.6 Å². The van der Waals surface area contributed by atoms with Gasteiger partial charge in [0.05, 0.1) is 10.4 Å². The summed E-state index contributed by atoms with van der Waals surface area (Å²) in [5, 5.41) is 20.4. The summed E-state index contributed by atoms with van der Waals surface area (Å²) in [5.74, 6) is -1.04. The maximum Gasteiger partial charge on any atom is 0.352 e. The molecule has 2 aromatic rings. The number of benzene rings is 1. The molecule has 0 saturated heterocycles. The molecule has 0 saturated carbocycles. The molecule has 0 radical (unpaired) electrons. The summed E-state index contributed by atoms with van der Waals surface area (Å²) in [5.41, 5.74) is 0.671. The number of fused-ring (bicyclic) bond motifs is 1. The molecule has 88 valence electrons. The molecule has 0 fully saturated rings. The van der Waals surface area contributed by atoms with Crippen molar-refractivity contribution in [3.8, 4) is 0 Å². The van der Waals surface area contributed by atoms with Gasteiger partial charge in [0.15, 0.2) is 0 Å². The van der Waals surface area contributed by atoms with Gasteiger partial charge in [-0.15, -0.1) is 0 Å². The lowest BCUT2D eigenvalue weighted by Gasteiger charge is -2.03. The van der Waals surface area contributed by atoms with Crippen LogP contribution in [0.25, 0.3) is 10.9 Å². The van der Waals surface area contributed by atoms with Gasteiger partial charge >= 0.3 is 5.97 Å². The van der Waals surface area contributed by atoms with E-state index >= 15 is 0 Å². The van der Waals surface area contributed by atoms with Gasteiger partial charge in [0.25, 0.3) is 5.69 Å². The topological polar surface area (TPSA) is 85.4 Å². The highest BCUT2D eigenvalue weighted by Crippen LogP contribution is 2.24. The molecule has 1 aromatic heterocycles. The van der Waals surface area contributed by atoms with E-state index in [1.807, 2.05) is 0 Å². The van der Waals surface area contributed by atoms with E-state index in [-0.39, 0.29) is 11.4 Å². The van der Waals surface area contributed by atoms with E-state index in [9.17, 15) is 14.9 Å². The number of carbonyl (C=O) groups is 1. The van der Waals surface area contributed by atoms with Crippen LogP contribution in [0, 0.1) is 10.1 Å². The van der Waals surface area contributed by atoms with E-state index in [2.05, 4.69) is 0 Å². The summed E-state index contributed by atoms with van der Waals surface area (Å²) in [6.45, 7) is 2.25. The van der Waals surface area contributed by atoms with Crippen LogP contribution in [0.5, 0.6) is 0 Å². The molecular weight excluding hydrogens is 224 g/mol. The molecule has 0 amide bonds. The Hall–Kier alpha value is -2.37. The Morgan fingerprint density at radius 1 is 1.47 bits per heavy atom. The molecule has 0 spiro atoms. The second-order valence-electron chi connectivity index (χ2n) is 3.58. The summed E-state index contributed by atoms with van der Waals surface area (Å²) >= 11 is 0. The lowest BCUT2D eigenvalue weighted by atomic mass is 10.2. The van der Waals surface area contributed by atoms with Crippen LogP contribution in [-0.2, 0) is 6.54 Å². The summed E-state index contributed by atoms with van der Waals surface area (Å²) in [4.78, 5) is 21.2. The van der Waals surface area contributed by atoms with Crippen LogP contribution in [0.3, 0.4) is 0 Å². The Kier molecular flexibility index (Phi) is 2.55. The van der Waals surface area contributed by atoms with E-state index in [1.165, 1.54) is 18.2 Å². The largest absolute Gasteiger partial charge is 0.477 e. The normalized spacial score (nSPS) is 10.6. The van der Waals surface area contributed by atoms with Crippen LogP contribution in [0.1, 0.15) is 17.4 Å². The third kappa shape index (κ3) is 1.73. The second kappa shape index (κ2) is 3.89. The first-order chi connectivity index (χ1) is 8.04. The Balaban J connectivity index is 2.75. The Labute approximate surface area is 96.2 Å². The first-order valence-corrected chi connectivity index (χ1v) is 5.05. The smallest absolute Gasteiger partial charge is 0.352 e. The van der Waals surface area contributed by atoms with Crippen LogP contribution < -0.4 is 0 Å². The maximum atomic E-state index is 11.0. The average Bonchev–Trinajstić information content (AvgIpc) is 2.66. The number of rotatable bonds is 3. The van der Waals surface area contributed by atoms with Crippen LogP contribution in [0.15, 0.2) is 24.3 Å². The first-order valence-electron chi connectivity index (χ1n) is 5.05. The highest BCUT2D eigenvalue weighted by Gasteiger charge is 2.16. The average molecular weight is 234 g/mol. The SMILES string of the molecule is CCn1c(C(=O)O)cc2ccc([N+](=O)[O-])cc21. The Morgan fingerprint density at radius 2 is 2.18 bits per heavy atom. The maximum absolute atomic E-state index is 11.0. The number of hydrogen-bond acceptors (Lipinski definition) is 3. The van der Waals surface area contributed by atoms with Gasteiger partial charge < -0.3 is 9.67 Å². The minimum absolute atomic E-state index is 0.0396. The van der Waals surface area contributed by atoms with Crippen molar-refractivity contribution in [3.05, 3.63) is 40.1 Å². The molecule has 1 N–H and O–H groups in total. The molecule has 0 aliphatic rings. The van der Waals surface area contributed by atoms with Crippen molar-refractivity contribution >= 4 is 22.6 Å². The number of nitrogens with zero attached hydrogens (tertiary/aromatic N) is 2. The number of carboxylic acid groups (broad SMARTS) is 1. The van der Waals surface area contributed by atoms with Gasteiger partial charge in [0, 0.05) is 24.1 Å². The van der Waals surface area contributed by atoms with Crippen molar-refractivity contribution in [2.75, 3.05) is 0 Å². The number of nitro groups is 1. The van der Waals surface area contributed by atoms with Crippen LogP contribution >= 0.6 is 0 Å². The van der Waals surface area contributed by atoms with Crippen molar-refractivity contribution in [1.82, 2.24) is 4.57 Å². The zero-order valence-corrected chi connectivity index (χ0v) is 9.08. The molecule has 0 aliphatic heterocycles. The fraction of sp³-hybridized carbons (Fsp3) is 0.182. The van der Waals surface area contributed by atoms with Gasteiger partial charge in [-0.05, 0) is 19.1 Å². The van der Waals surface area contributed by atoms with Crippen molar-refractivity contribution in [2.24, 2.45) is 0 Å². The van der Waals surface area contributed by atoms with Gasteiger partial charge in [-0.2, -0.15) is 0 Å². The van der Waals surface area contributed by atoms with Crippen LogP contribution in [0.2, 0.25) is 0 Å². The molecule has 17 heavy (non-hydrogen) atoms. The lowest BCUT2D eigenvalue weighted by Crippen LogP contribution is -2.06. The quantitative estimate of drug-likeness (QED) is 0.652. The second-order valence-corrected chi connectivity index (χ2v) is 3.58. The standard InChI is InChI=1S/C11H10N2O4/c1-2-12-9-6-8(13(16)17)4-3-7(9)5-10(12)11(14)15/h3-6H,2H2,1H3,(H,14,15). The molecule has 1 heterocycles. The van der Waals surface area contributed by atoms with E-state index in [4.69, 9.17) is 5.11 Å². The third-order valence-electron chi connectivity index (χ3n) is 2.63. The zero-order valence-electron chi connectivity index (χ0n) is 9.08. The highest BCUT2D eigenvalue weighted by molar-refractivity contribution is 5.95. The Bertz CT molecular complexity index is 615. The van der Waals surface area contributed by atoms with E-state index < -0.39 is 10.9 Å². The fourth-order valence-electron chi connectivity index (χ4n) is 1.87. The lowest BCUT2D eigenvalue weighted by molar-refractivity contribution is -0.384. The molecule has 0 bridgehead atoms. The van der Waals surface area contributed by atoms with E-state index in [1.54, 1.807) is 17.6 Å². The molecule has 0 atom stereocenters. The fourth-order valence-corrected chi connectivity index (χ4v) is 1.87. The number of aryl methyl sites for hydroxylation is 1. The number of carboxylic acids is 1. The van der Waals surface area contributed by atoms with Gasteiger partial charge in [0.2, 0.25) is 0 Å². The predicted octanol–water partition coefficient (Wildman–Crippen LogP) is 2.27. The number of aromatic carboxylic acids is 1. The molecule has 6 nitrogen and oxygen atoms in total. The van der Waals surface area contributed by atoms with Crippen molar-refractivity contribution in [3.63, 3.8) is 0 Å². The molecule has 0 aliphatic carbocycles. The van der Waals surface area contributed by atoms with Gasteiger partial charge in [-0.25, -0.2) is 4.79 Å². The minimum atomic E-state index is -1.04. The van der Waals surface area contributed by atoms with Crippen molar-refractivity contribution in [1.29, 1.82) is 0 Å². The van der Waals surface area contributed by atoms with E-state index in [0.717, 1.165) is 0 Å². The summed E-state index contributed by atoms with van der Waals surface area (Å²) in [7, 11) is 0. The summed E-state index contributed by atoms with van der Waals surface area (Å²) in [6, 6.07) is 5.84. The summed E-state index contributed by atoms with van der Waals surface area (Å²) in [6.07, 6.45) is 0. The molecule has 0 unspecified atom stereocenters. The minimum Gasteiger partial charge on any atom is -0.477 e. The summed E-state index contributed by atoms with van der Waals surface area (Å²) < 4.78 is 1.55. The third-order valence-corrected chi connectivity index (χ3v) is 2.63. The molecule has 1 aromatic carbocycles. The molecule has 2 rings (SSSR count). The molecular formula is C11H10N2O4. The van der Waals surface area contributed by atoms with Gasteiger partial charge in [0.1, 0.15) is 5.69 Å². The number of hydrogen-bond donors (Lipinski definition) is 1. The number of aromatic nitrogens is 1. The number of nitro benzene ring substituents is 1. The zero-order chi connectivity index (χ0) is 12.6. The van der Waals surface area contributed by atoms with Crippen LogP contribution in [0.4, 0.5) is 5.69 Å². The first kappa shape index (κ1) is 11.1. The monoisotopic (exact) mass is 234 g/mol. The van der Waals surface area contributed by atoms with Gasteiger partial charge in [-0.1, -0.05) is 0 Å². The number of non-ortho nitro benzene ring substituents is 1. The molecule has 6 heteroatoms. The van der Waals surface area contributed by atoms with Gasteiger partial charge in [-0.3, -0.25) is 10.1 Å². The highest BCUT2D eigenvalue weighted by atomic mass is 16.6. The Morgan fingerprint density at radius 3 is 2.71 bits per heavy atom. The van der Waals surface area contributed by atoms with Crippen molar-refractivity contribution < 1.29 is 14.8 Å². The predicted molar refractivity (Wildman–Crippen MR) is 61.2 cm³/mol.